The highest BCUT2D eigenvalue weighted by atomic mass is 31.2. The second-order valence-electron chi connectivity index (χ2n) is 22.1. The minimum atomic E-state index is -4.35. The van der Waals surface area contributed by atoms with Gasteiger partial charge in [-0.25, -0.2) is 4.57 Å². The normalized spacial score (nSPS) is 14.1. The van der Waals surface area contributed by atoms with Crippen molar-refractivity contribution in [2.24, 2.45) is 0 Å². The molecule has 0 aliphatic heterocycles. The van der Waals surface area contributed by atoms with Crippen molar-refractivity contribution in [1.29, 1.82) is 0 Å². The van der Waals surface area contributed by atoms with E-state index in [0.29, 0.717) is 17.4 Å². The van der Waals surface area contributed by atoms with Crippen LogP contribution >= 0.6 is 7.82 Å². The number of nitrogens with one attached hydrogen (secondary N) is 1. The molecule has 0 aromatic carbocycles. The first kappa shape index (κ1) is 68.7. The number of allylic oxidation sites excluding steroid dienone is 5. The number of likely N-dealkylation sites (N-methyl/N-ethyl adjacent to an activating group) is 1. The van der Waals surface area contributed by atoms with Crippen LogP contribution in [0.5, 0.6) is 0 Å². The lowest BCUT2D eigenvalue weighted by Gasteiger charge is -2.25. The highest BCUT2D eigenvalue weighted by molar-refractivity contribution is 7.47. The molecule has 414 valence electrons. The van der Waals surface area contributed by atoms with Crippen LogP contribution in [0.2, 0.25) is 0 Å². The molecule has 3 unspecified atom stereocenters. The quantitative estimate of drug-likeness (QED) is 0.0243. The Kier molecular flexibility index (Phi) is 51.6. The summed E-state index contributed by atoms with van der Waals surface area (Å²) in [4.78, 5) is 23.2. The molecule has 0 saturated carbocycles. The maximum atomic E-state index is 13.0. The van der Waals surface area contributed by atoms with Gasteiger partial charge in [0.05, 0.1) is 39.9 Å². The molecule has 0 aromatic rings. The topological polar surface area (TPSA) is 105 Å². The average Bonchev–Trinajstić information content (AvgIpc) is 3.32. The van der Waals surface area contributed by atoms with Gasteiger partial charge in [0.25, 0.3) is 0 Å². The third kappa shape index (κ3) is 54.5. The number of aliphatic hydroxyl groups is 1. The van der Waals surface area contributed by atoms with E-state index in [2.05, 4.69) is 43.5 Å². The van der Waals surface area contributed by atoms with Crippen molar-refractivity contribution >= 4 is 13.7 Å². The Morgan fingerprint density at radius 3 is 1.14 bits per heavy atom. The zero-order valence-corrected chi connectivity index (χ0v) is 48.2. The van der Waals surface area contributed by atoms with Crippen molar-refractivity contribution in [3.63, 3.8) is 0 Å². The largest absolute Gasteiger partial charge is 0.472 e. The standard InChI is InChI=1S/C61H119N2O6P/c1-6-8-10-12-14-16-18-20-21-22-23-24-25-26-27-28-29-30-31-32-33-34-35-36-37-38-39-40-41-43-45-47-49-51-53-55-61(65)62-59(58-69-70(66,67)68-57-56-63(3,4)5)60(64)54-52-50-48-46-44-42-19-17-15-13-11-9-7-2/h22-23,44,46,52,54,59-60,64H,6-21,24-43,45,47-51,53,55-58H2,1-5H3,(H-,62,65,66,67)/p+1/b23-22-,46-44+,54-52+. The summed E-state index contributed by atoms with van der Waals surface area (Å²) >= 11 is 0. The van der Waals surface area contributed by atoms with Gasteiger partial charge < -0.3 is 19.8 Å². The molecule has 0 saturated heterocycles. The molecule has 0 fully saturated rings. The minimum Gasteiger partial charge on any atom is -0.387 e. The van der Waals surface area contributed by atoms with E-state index in [4.69, 9.17) is 9.05 Å². The number of phosphoric ester groups is 1. The molecule has 0 aromatic heterocycles. The predicted molar refractivity (Wildman–Crippen MR) is 304 cm³/mol. The van der Waals surface area contributed by atoms with Gasteiger partial charge in [-0.2, -0.15) is 0 Å². The fourth-order valence-corrected chi connectivity index (χ4v) is 9.79. The summed E-state index contributed by atoms with van der Waals surface area (Å²) in [5, 5.41) is 13.9. The highest BCUT2D eigenvalue weighted by Gasteiger charge is 2.27. The molecule has 8 nitrogen and oxygen atoms in total. The summed E-state index contributed by atoms with van der Waals surface area (Å²) in [6.45, 7) is 4.81. The van der Waals surface area contributed by atoms with Crippen LogP contribution < -0.4 is 5.32 Å². The van der Waals surface area contributed by atoms with Crippen molar-refractivity contribution in [2.75, 3.05) is 40.9 Å². The lowest BCUT2D eigenvalue weighted by Crippen LogP contribution is -2.45. The minimum absolute atomic E-state index is 0.0577. The van der Waals surface area contributed by atoms with Crippen LogP contribution in [0, 0.1) is 0 Å². The van der Waals surface area contributed by atoms with Crippen LogP contribution in [0.25, 0.3) is 0 Å². The highest BCUT2D eigenvalue weighted by Crippen LogP contribution is 2.43. The molecule has 0 bridgehead atoms. The SMILES string of the molecule is CCCCCCCCC/C=C/CC/C=C/C(O)C(COP(=O)(O)OCC[N+](C)(C)C)NC(=O)CCCCCCCCCCCCCCCCCCCCCCCCC/C=C\CCCCCCCCCC. The zero-order chi connectivity index (χ0) is 51.3. The van der Waals surface area contributed by atoms with Gasteiger partial charge in [0.1, 0.15) is 13.2 Å². The van der Waals surface area contributed by atoms with Gasteiger partial charge in [0.15, 0.2) is 0 Å². The van der Waals surface area contributed by atoms with Gasteiger partial charge in [-0.05, 0) is 57.8 Å². The Bertz CT molecular complexity index is 1230. The van der Waals surface area contributed by atoms with Crippen LogP contribution in [-0.2, 0) is 18.4 Å². The van der Waals surface area contributed by atoms with E-state index in [-0.39, 0.29) is 19.1 Å². The Hall–Kier alpha value is -1.28. The van der Waals surface area contributed by atoms with E-state index in [1.807, 2.05) is 27.2 Å². The second kappa shape index (κ2) is 52.6. The summed E-state index contributed by atoms with van der Waals surface area (Å²) in [5.41, 5.74) is 0. The molecule has 70 heavy (non-hydrogen) atoms. The fourth-order valence-electron chi connectivity index (χ4n) is 9.06. The van der Waals surface area contributed by atoms with E-state index in [1.54, 1.807) is 6.08 Å². The van der Waals surface area contributed by atoms with Crippen LogP contribution in [0.4, 0.5) is 0 Å². The summed E-state index contributed by atoms with van der Waals surface area (Å²) < 4.78 is 23.6. The van der Waals surface area contributed by atoms with Crippen molar-refractivity contribution < 1.29 is 32.9 Å². The number of aliphatic hydroxyl groups excluding tert-OH is 1. The number of hydrogen-bond acceptors (Lipinski definition) is 5. The van der Waals surface area contributed by atoms with E-state index in [0.717, 1.165) is 38.5 Å². The number of amides is 1. The van der Waals surface area contributed by atoms with Crippen LogP contribution in [-0.4, -0.2) is 73.4 Å². The number of unbranched alkanes of at least 4 members (excludes halogenated alkanes) is 39. The smallest absolute Gasteiger partial charge is 0.387 e. The predicted octanol–water partition coefficient (Wildman–Crippen LogP) is 18.5. The van der Waals surface area contributed by atoms with Gasteiger partial charge in [-0.15, -0.1) is 0 Å². The summed E-state index contributed by atoms with van der Waals surface area (Å²) in [5.74, 6) is -0.183. The molecular formula is C61H120N2O6P+. The Balaban J connectivity index is 3.94. The third-order valence-corrected chi connectivity index (χ3v) is 14.8. The fraction of sp³-hybridized carbons (Fsp3) is 0.885. The molecule has 0 heterocycles. The number of rotatable bonds is 56. The Labute approximate surface area is 436 Å². The number of hydrogen-bond donors (Lipinski definition) is 3. The van der Waals surface area contributed by atoms with E-state index in [1.165, 1.54) is 238 Å². The molecule has 0 rings (SSSR count). The van der Waals surface area contributed by atoms with Gasteiger partial charge in [-0.1, -0.05) is 269 Å². The number of quaternary nitrogens is 1. The first-order valence-electron chi connectivity index (χ1n) is 30.4. The molecule has 0 spiro atoms. The first-order valence-corrected chi connectivity index (χ1v) is 31.9. The van der Waals surface area contributed by atoms with Crippen molar-refractivity contribution in [1.82, 2.24) is 5.32 Å². The van der Waals surface area contributed by atoms with Crippen molar-refractivity contribution in [3.05, 3.63) is 36.5 Å². The second-order valence-corrected chi connectivity index (χ2v) is 23.5. The number of phosphoric acid groups is 1. The van der Waals surface area contributed by atoms with E-state index in [9.17, 15) is 19.4 Å². The molecular weight excluding hydrogens is 888 g/mol. The molecule has 3 N–H and O–H groups in total. The first-order chi connectivity index (χ1) is 34.0. The van der Waals surface area contributed by atoms with Gasteiger partial charge >= 0.3 is 7.82 Å². The van der Waals surface area contributed by atoms with Gasteiger partial charge in [0.2, 0.25) is 5.91 Å². The lowest BCUT2D eigenvalue weighted by atomic mass is 10.0. The molecule has 9 heteroatoms. The van der Waals surface area contributed by atoms with Crippen LogP contribution in [0.3, 0.4) is 0 Å². The lowest BCUT2D eigenvalue weighted by molar-refractivity contribution is -0.870. The average molecular weight is 1010 g/mol. The number of carbonyl (C=O) groups is 1. The van der Waals surface area contributed by atoms with E-state index < -0.39 is 20.0 Å². The van der Waals surface area contributed by atoms with Crippen molar-refractivity contribution in [2.45, 2.75) is 309 Å². The van der Waals surface area contributed by atoms with Crippen molar-refractivity contribution in [3.8, 4) is 0 Å². The third-order valence-electron chi connectivity index (χ3n) is 13.8. The maximum absolute atomic E-state index is 13.0. The number of nitrogens with zero attached hydrogens (tertiary/aromatic N) is 1. The summed E-state index contributed by atoms with van der Waals surface area (Å²) in [7, 11) is 1.56. The Morgan fingerprint density at radius 1 is 0.471 bits per heavy atom. The monoisotopic (exact) mass is 1010 g/mol. The molecule has 0 radical (unpaired) electrons. The molecule has 0 aliphatic rings. The summed E-state index contributed by atoms with van der Waals surface area (Å²) in [6, 6.07) is -0.860. The Morgan fingerprint density at radius 2 is 0.786 bits per heavy atom. The molecule has 1 amide bonds. The summed E-state index contributed by atoms with van der Waals surface area (Å²) in [6.07, 6.45) is 68.5. The van der Waals surface area contributed by atoms with Crippen LogP contribution in [0.1, 0.15) is 296 Å². The maximum Gasteiger partial charge on any atom is 0.472 e. The van der Waals surface area contributed by atoms with Gasteiger partial charge in [-0.3, -0.25) is 13.8 Å². The molecule has 3 atom stereocenters. The van der Waals surface area contributed by atoms with E-state index >= 15 is 0 Å². The van der Waals surface area contributed by atoms with Gasteiger partial charge in [0, 0.05) is 6.42 Å². The zero-order valence-electron chi connectivity index (χ0n) is 47.3. The molecule has 0 aliphatic carbocycles. The van der Waals surface area contributed by atoms with Crippen LogP contribution in [0.15, 0.2) is 36.5 Å². The number of carbonyl (C=O) groups excluding carboxylic acids is 1.